The van der Waals surface area contributed by atoms with Crippen LogP contribution in [0.25, 0.3) is 0 Å². The quantitative estimate of drug-likeness (QED) is 0.825. The summed E-state index contributed by atoms with van der Waals surface area (Å²) in [5.74, 6) is 0.327. The molecule has 118 valence electrons. The molecule has 0 aromatic heterocycles. The Morgan fingerprint density at radius 2 is 2.05 bits per heavy atom. The molecule has 1 aliphatic heterocycles. The second kappa shape index (κ2) is 7.35. The third-order valence-electron chi connectivity index (χ3n) is 3.88. The number of nitrogens with two attached hydrogens (primary N) is 1. The number of aliphatic hydroxyl groups is 1. The zero-order valence-electron chi connectivity index (χ0n) is 12.1. The first-order valence-electron chi connectivity index (χ1n) is 7.30. The van der Waals surface area contributed by atoms with E-state index in [-0.39, 0.29) is 24.3 Å². The normalized spacial score (nSPS) is 18.6. The van der Waals surface area contributed by atoms with Gasteiger partial charge in [-0.25, -0.2) is 8.42 Å². The summed E-state index contributed by atoms with van der Waals surface area (Å²) in [6, 6.07) is 6.42. The Morgan fingerprint density at radius 1 is 1.33 bits per heavy atom. The van der Waals surface area contributed by atoms with Gasteiger partial charge in [-0.05, 0) is 42.9 Å². The van der Waals surface area contributed by atoms with Crippen LogP contribution in [0, 0.1) is 5.92 Å². The molecule has 1 heterocycles. The molecule has 3 N–H and O–H groups in total. The standard InChI is InChI=1S/C15H23NO4S/c16-15(4-7-17)13-2-1-3-14(10-13)21(18,19)11-12-5-8-20-9-6-12/h1-3,10,12,15,17H,4-9,11,16H2. The van der Waals surface area contributed by atoms with Crippen LogP contribution in [0.2, 0.25) is 0 Å². The zero-order chi connectivity index (χ0) is 15.3. The molecule has 0 saturated carbocycles. The molecule has 1 aliphatic rings. The Balaban J connectivity index is 2.13. The van der Waals surface area contributed by atoms with Gasteiger partial charge in [0.05, 0.1) is 10.6 Å². The highest BCUT2D eigenvalue weighted by atomic mass is 32.2. The van der Waals surface area contributed by atoms with Gasteiger partial charge in [0.15, 0.2) is 9.84 Å². The van der Waals surface area contributed by atoms with Crippen molar-refractivity contribution in [1.29, 1.82) is 0 Å². The van der Waals surface area contributed by atoms with E-state index < -0.39 is 9.84 Å². The number of hydrogen-bond donors (Lipinski definition) is 2. The molecule has 0 bridgehead atoms. The number of benzene rings is 1. The van der Waals surface area contributed by atoms with E-state index in [4.69, 9.17) is 15.6 Å². The van der Waals surface area contributed by atoms with Crippen molar-refractivity contribution < 1.29 is 18.3 Å². The van der Waals surface area contributed by atoms with Crippen LogP contribution in [-0.4, -0.2) is 39.1 Å². The lowest BCUT2D eigenvalue weighted by molar-refractivity contribution is 0.0723. The Labute approximate surface area is 126 Å². The van der Waals surface area contributed by atoms with Gasteiger partial charge in [0.25, 0.3) is 0 Å². The highest BCUT2D eigenvalue weighted by molar-refractivity contribution is 7.91. The first kappa shape index (κ1) is 16.4. The number of rotatable bonds is 6. The van der Waals surface area contributed by atoms with Crippen LogP contribution in [0.3, 0.4) is 0 Å². The second-order valence-electron chi connectivity index (χ2n) is 5.53. The van der Waals surface area contributed by atoms with Crippen LogP contribution in [0.5, 0.6) is 0 Å². The molecule has 1 unspecified atom stereocenters. The molecule has 0 spiro atoms. The predicted molar refractivity (Wildman–Crippen MR) is 80.7 cm³/mol. The Morgan fingerprint density at radius 3 is 2.71 bits per heavy atom. The van der Waals surface area contributed by atoms with Gasteiger partial charge in [0, 0.05) is 25.9 Å². The van der Waals surface area contributed by atoms with Crippen LogP contribution in [0.4, 0.5) is 0 Å². The molecule has 1 atom stereocenters. The van der Waals surface area contributed by atoms with E-state index >= 15 is 0 Å². The van der Waals surface area contributed by atoms with Crippen molar-refractivity contribution in [2.75, 3.05) is 25.6 Å². The molecular formula is C15H23NO4S. The fourth-order valence-corrected chi connectivity index (χ4v) is 4.31. The first-order chi connectivity index (χ1) is 10.0. The smallest absolute Gasteiger partial charge is 0.178 e. The summed E-state index contributed by atoms with van der Waals surface area (Å²) < 4.78 is 30.3. The molecule has 21 heavy (non-hydrogen) atoms. The highest BCUT2D eigenvalue weighted by Gasteiger charge is 2.23. The average Bonchev–Trinajstić information content (AvgIpc) is 2.48. The van der Waals surface area contributed by atoms with Crippen molar-refractivity contribution in [2.45, 2.75) is 30.2 Å². The number of hydrogen-bond acceptors (Lipinski definition) is 5. The summed E-state index contributed by atoms with van der Waals surface area (Å²) in [6.07, 6.45) is 2.01. The molecular weight excluding hydrogens is 290 g/mol. The van der Waals surface area contributed by atoms with E-state index in [1.54, 1.807) is 24.3 Å². The van der Waals surface area contributed by atoms with Crippen molar-refractivity contribution in [3.8, 4) is 0 Å². The molecule has 0 aliphatic carbocycles. The molecule has 0 amide bonds. The van der Waals surface area contributed by atoms with Gasteiger partial charge in [0.1, 0.15) is 0 Å². The van der Waals surface area contributed by atoms with Crippen molar-refractivity contribution in [2.24, 2.45) is 11.7 Å². The summed E-state index contributed by atoms with van der Waals surface area (Å²) in [4.78, 5) is 0.319. The van der Waals surface area contributed by atoms with E-state index in [1.807, 2.05) is 0 Å². The lowest BCUT2D eigenvalue weighted by Crippen LogP contribution is -2.23. The van der Waals surface area contributed by atoms with Crippen molar-refractivity contribution in [3.05, 3.63) is 29.8 Å². The van der Waals surface area contributed by atoms with E-state index in [0.717, 1.165) is 18.4 Å². The van der Waals surface area contributed by atoms with E-state index in [2.05, 4.69) is 0 Å². The summed E-state index contributed by atoms with van der Waals surface area (Å²) in [5.41, 5.74) is 6.68. The largest absolute Gasteiger partial charge is 0.396 e. The van der Waals surface area contributed by atoms with E-state index in [0.29, 0.717) is 24.5 Å². The summed E-state index contributed by atoms with van der Waals surface area (Å²) in [6.45, 7) is 1.27. The molecule has 1 fully saturated rings. The van der Waals surface area contributed by atoms with E-state index in [9.17, 15) is 8.42 Å². The van der Waals surface area contributed by atoms with Crippen LogP contribution in [0.15, 0.2) is 29.2 Å². The summed E-state index contributed by atoms with van der Waals surface area (Å²) >= 11 is 0. The van der Waals surface area contributed by atoms with Crippen LogP contribution in [0.1, 0.15) is 30.9 Å². The fraction of sp³-hybridized carbons (Fsp3) is 0.600. The van der Waals surface area contributed by atoms with Gasteiger partial charge < -0.3 is 15.6 Å². The Kier molecular flexibility index (Phi) is 5.75. The van der Waals surface area contributed by atoms with Gasteiger partial charge in [-0.3, -0.25) is 0 Å². The molecule has 0 radical (unpaired) electrons. The number of sulfone groups is 1. The van der Waals surface area contributed by atoms with Crippen LogP contribution >= 0.6 is 0 Å². The fourth-order valence-electron chi connectivity index (χ4n) is 2.56. The highest BCUT2D eigenvalue weighted by Crippen LogP contribution is 2.23. The minimum absolute atomic E-state index is 0.0137. The van der Waals surface area contributed by atoms with Crippen molar-refractivity contribution in [3.63, 3.8) is 0 Å². The maximum Gasteiger partial charge on any atom is 0.178 e. The monoisotopic (exact) mass is 313 g/mol. The van der Waals surface area contributed by atoms with Crippen LogP contribution < -0.4 is 5.73 Å². The SMILES string of the molecule is NC(CCO)c1cccc(S(=O)(=O)CC2CCOCC2)c1. The Bertz CT molecular complexity index is 553. The second-order valence-corrected chi connectivity index (χ2v) is 7.56. The van der Waals surface area contributed by atoms with Crippen molar-refractivity contribution in [1.82, 2.24) is 0 Å². The van der Waals surface area contributed by atoms with Gasteiger partial charge in [0.2, 0.25) is 0 Å². The number of aliphatic hydroxyl groups excluding tert-OH is 1. The predicted octanol–water partition coefficient (Wildman–Crippen LogP) is 1.27. The van der Waals surface area contributed by atoms with Gasteiger partial charge in [-0.1, -0.05) is 12.1 Å². The minimum Gasteiger partial charge on any atom is -0.396 e. The first-order valence-corrected chi connectivity index (χ1v) is 8.95. The number of ether oxygens (including phenoxy) is 1. The van der Waals surface area contributed by atoms with Gasteiger partial charge in [-0.15, -0.1) is 0 Å². The molecule has 1 aromatic rings. The maximum atomic E-state index is 12.5. The lowest BCUT2D eigenvalue weighted by Gasteiger charge is -2.22. The lowest BCUT2D eigenvalue weighted by atomic mass is 10.0. The maximum absolute atomic E-state index is 12.5. The topological polar surface area (TPSA) is 89.6 Å². The van der Waals surface area contributed by atoms with Gasteiger partial charge in [-0.2, -0.15) is 0 Å². The van der Waals surface area contributed by atoms with E-state index in [1.165, 1.54) is 0 Å². The van der Waals surface area contributed by atoms with Crippen LogP contribution in [-0.2, 0) is 14.6 Å². The minimum atomic E-state index is -3.30. The summed E-state index contributed by atoms with van der Waals surface area (Å²) in [5, 5.41) is 8.93. The average molecular weight is 313 g/mol. The van der Waals surface area contributed by atoms with Crippen molar-refractivity contribution >= 4 is 9.84 Å². The summed E-state index contributed by atoms with van der Waals surface area (Å²) in [7, 11) is -3.30. The Hall–Kier alpha value is -0.950. The molecule has 1 aromatic carbocycles. The molecule has 2 rings (SSSR count). The third-order valence-corrected chi connectivity index (χ3v) is 5.76. The zero-order valence-corrected chi connectivity index (χ0v) is 12.9. The third kappa shape index (κ3) is 4.51. The molecule has 5 nitrogen and oxygen atoms in total. The van der Waals surface area contributed by atoms with Gasteiger partial charge >= 0.3 is 0 Å². The molecule has 1 saturated heterocycles. The molecule has 6 heteroatoms.